The van der Waals surface area contributed by atoms with Crippen molar-refractivity contribution in [3.63, 3.8) is 0 Å². The lowest BCUT2D eigenvalue weighted by atomic mass is 10.1. The van der Waals surface area contributed by atoms with Crippen LogP contribution in [-0.2, 0) is 13.2 Å². The van der Waals surface area contributed by atoms with E-state index in [1.807, 2.05) is 25.3 Å². The van der Waals surface area contributed by atoms with Crippen LogP contribution in [0.5, 0.6) is 5.75 Å². The molecule has 0 atom stereocenters. The van der Waals surface area contributed by atoms with Gasteiger partial charge in [0, 0.05) is 17.5 Å². The second kappa shape index (κ2) is 9.67. The first-order valence-electron chi connectivity index (χ1n) is 9.67. The van der Waals surface area contributed by atoms with Crippen molar-refractivity contribution in [1.82, 2.24) is 9.88 Å². The highest BCUT2D eigenvalue weighted by atomic mass is 32.1. The van der Waals surface area contributed by atoms with Crippen molar-refractivity contribution in [3.05, 3.63) is 93.2 Å². The third kappa shape index (κ3) is 5.33. The van der Waals surface area contributed by atoms with E-state index in [1.165, 1.54) is 41.2 Å². The summed E-state index contributed by atoms with van der Waals surface area (Å²) in [4.78, 5) is 19.0. The van der Waals surface area contributed by atoms with Crippen LogP contribution in [0.25, 0.3) is 0 Å². The number of thiazole rings is 1. The standard InChI is InChI=1S/C24H25FN2O2S/c1-5-10-27(24(28)19-6-8-20(25)9-7-19)13-21-15-30-23(26-21)14-29-22-12-16(2)11-17(3)18(22)4/h5-9,11-12,15H,1,10,13-14H2,2-4H3. The van der Waals surface area contributed by atoms with Gasteiger partial charge in [-0.05, 0) is 67.8 Å². The number of aryl methyl sites for hydroxylation is 2. The highest BCUT2D eigenvalue weighted by Crippen LogP contribution is 2.25. The van der Waals surface area contributed by atoms with Gasteiger partial charge in [0.2, 0.25) is 0 Å². The second-order valence-corrected chi connectivity index (χ2v) is 8.15. The molecular weight excluding hydrogens is 399 g/mol. The molecule has 0 spiro atoms. The number of benzene rings is 2. The third-order valence-electron chi connectivity index (χ3n) is 4.80. The monoisotopic (exact) mass is 424 g/mol. The number of halogens is 1. The Morgan fingerprint density at radius 2 is 1.97 bits per heavy atom. The maximum atomic E-state index is 13.2. The van der Waals surface area contributed by atoms with Crippen LogP contribution >= 0.6 is 11.3 Å². The molecule has 2 aromatic carbocycles. The van der Waals surface area contributed by atoms with Gasteiger partial charge in [0.1, 0.15) is 23.2 Å². The molecule has 0 aliphatic carbocycles. The summed E-state index contributed by atoms with van der Waals surface area (Å²) in [5, 5.41) is 2.78. The number of amides is 1. The van der Waals surface area contributed by atoms with Crippen LogP contribution in [0.1, 0.15) is 37.7 Å². The molecule has 3 rings (SSSR count). The van der Waals surface area contributed by atoms with Crippen molar-refractivity contribution in [2.75, 3.05) is 6.54 Å². The Labute approximate surface area is 180 Å². The Morgan fingerprint density at radius 3 is 2.67 bits per heavy atom. The SMILES string of the molecule is C=CCN(Cc1csc(COc2cc(C)cc(C)c2C)n1)C(=O)c1ccc(F)cc1. The summed E-state index contributed by atoms with van der Waals surface area (Å²) in [5.74, 6) is 0.306. The summed E-state index contributed by atoms with van der Waals surface area (Å²) in [5.41, 5.74) is 4.70. The largest absolute Gasteiger partial charge is 0.486 e. The maximum absolute atomic E-state index is 13.2. The van der Waals surface area contributed by atoms with Crippen LogP contribution < -0.4 is 4.74 Å². The molecule has 4 nitrogen and oxygen atoms in total. The lowest BCUT2D eigenvalue weighted by molar-refractivity contribution is 0.0761. The van der Waals surface area contributed by atoms with E-state index in [0.29, 0.717) is 25.3 Å². The summed E-state index contributed by atoms with van der Waals surface area (Å²) < 4.78 is 19.1. The first kappa shape index (κ1) is 21.7. The van der Waals surface area contributed by atoms with Crippen LogP contribution in [0.3, 0.4) is 0 Å². The highest BCUT2D eigenvalue weighted by Gasteiger charge is 2.17. The van der Waals surface area contributed by atoms with Gasteiger partial charge in [-0.15, -0.1) is 17.9 Å². The number of rotatable bonds is 8. The van der Waals surface area contributed by atoms with Crippen LogP contribution in [0, 0.1) is 26.6 Å². The number of hydrogen-bond donors (Lipinski definition) is 0. The smallest absolute Gasteiger partial charge is 0.254 e. The van der Waals surface area contributed by atoms with E-state index in [4.69, 9.17) is 4.74 Å². The molecule has 6 heteroatoms. The fourth-order valence-corrected chi connectivity index (χ4v) is 3.82. The molecule has 0 N–H and O–H groups in total. The third-order valence-corrected chi connectivity index (χ3v) is 5.67. The number of hydrogen-bond acceptors (Lipinski definition) is 4. The summed E-state index contributed by atoms with van der Waals surface area (Å²) in [6, 6.07) is 9.71. The van der Waals surface area contributed by atoms with E-state index < -0.39 is 0 Å². The minimum absolute atomic E-state index is 0.188. The topological polar surface area (TPSA) is 42.4 Å². The Morgan fingerprint density at radius 1 is 1.23 bits per heavy atom. The molecule has 0 radical (unpaired) electrons. The summed E-state index contributed by atoms with van der Waals surface area (Å²) >= 11 is 1.50. The van der Waals surface area contributed by atoms with Gasteiger partial charge in [-0.25, -0.2) is 9.37 Å². The van der Waals surface area contributed by atoms with E-state index in [-0.39, 0.29) is 11.7 Å². The summed E-state index contributed by atoms with van der Waals surface area (Å²) in [6.07, 6.45) is 1.67. The molecular formula is C24H25FN2O2S. The number of carbonyl (C=O) groups excluding carboxylic acids is 1. The van der Waals surface area contributed by atoms with Crippen molar-refractivity contribution in [3.8, 4) is 5.75 Å². The van der Waals surface area contributed by atoms with Crippen molar-refractivity contribution < 1.29 is 13.9 Å². The Hall–Kier alpha value is -2.99. The quantitative estimate of drug-likeness (QED) is 0.441. The number of aromatic nitrogens is 1. The summed E-state index contributed by atoms with van der Waals surface area (Å²) in [6.45, 7) is 11.0. The van der Waals surface area contributed by atoms with Gasteiger partial charge in [-0.3, -0.25) is 4.79 Å². The van der Waals surface area contributed by atoms with Crippen LogP contribution in [0.15, 0.2) is 54.4 Å². The predicted octanol–water partition coefficient (Wildman–Crippen LogP) is 5.61. The normalized spacial score (nSPS) is 10.7. The Balaban J connectivity index is 1.67. The van der Waals surface area contributed by atoms with Crippen molar-refractivity contribution in [2.45, 2.75) is 33.9 Å². The van der Waals surface area contributed by atoms with Gasteiger partial charge >= 0.3 is 0 Å². The van der Waals surface area contributed by atoms with Gasteiger partial charge < -0.3 is 9.64 Å². The molecule has 156 valence electrons. The molecule has 30 heavy (non-hydrogen) atoms. The average Bonchev–Trinajstić information content (AvgIpc) is 3.16. The molecule has 0 aliphatic heterocycles. The van der Waals surface area contributed by atoms with Crippen molar-refractivity contribution in [2.24, 2.45) is 0 Å². The number of carbonyl (C=O) groups is 1. The highest BCUT2D eigenvalue weighted by molar-refractivity contribution is 7.09. The van der Waals surface area contributed by atoms with Crippen LogP contribution in [0.2, 0.25) is 0 Å². The molecule has 0 unspecified atom stereocenters. The van der Waals surface area contributed by atoms with E-state index in [1.54, 1.807) is 11.0 Å². The molecule has 1 amide bonds. The molecule has 1 aromatic heterocycles. The molecule has 0 fully saturated rings. The van der Waals surface area contributed by atoms with Gasteiger partial charge in [-0.2, -0.15) is 0 Å². The second-order valence-electron chi connectivity index (χ2n) is 7.21. The van der Waals surface area contributed by atoms with Gasteiger partial charge in [0.25, 0.3) is 5.91 Å². The maximum Gasteiger partial charge on any atom is 0.254 e. The minimum atomic E-state index is -0.370. The Kier molecular flexibility index (Phi) is 7.00. The van der Waals surface area contributed by atoms with E-state index in [9.17, 15) is 9.18 Å². The van der Waals surface area contributed by atoms with E-state index in [0.717, 1.165) is 27.6 Å². The van der Waals surface area contributed by atoms with Crippen LogP contribution in [0.4, 0.5) is 4.39 Å². The fraction of sp³-hybridized carbons (Fsp3) is 0.250. The zero-order valence-corrected chi connectivity index (χ0v) is 18.3. The number of nitrogens with zero attached hydrogens (tertiary/aromatic N) is 2. The average molecular weight is 425 g/mol. The van der Waals surface area contributed by atoms with E-state index in [2.05, 4.69) is 24.6 Å². The zero-order chi connectivity index (χ0) is 21.7. The predicted molar refractivity (Wildman–Crippen MR) is 118 cm³/mol. The molecule has 1 heterocycles. The lowest BCUT2D eigenvalue weighted by Crippen LogP contribution is -2.30. The van der Waals surface area contributed by atoms with E-state index >= 15 is 0 Å². The van der Waals surface area contributed by atoms with Crippen molar-refractivity contribution in [1.29, 1.82) is 0 Å². The van der Waals surface area contributed by atoms with Gasteiger partial charge in [0.05, 0.1) is 12.2 Å². The molecule has 0 saturated carbocycles. The molecule has 0 aliphatic rings. The first-order chi connectivity index (χ1) is 14.4. The number of ether oxygens (including phenoxy) is 1. The first-order valence-corrected chi connectivity index (χ1v) is 10.5. The van der Waals surface area contributed by atoms with Crippen molar-refractivity contribution >= 4 is 17.2 Å². The minimum Gasteiger partial charge on any atom is -0.486 e. The zero-order valence-electron chi connectivity index (χ0n) is 17.4. The Bertz CT molecular complexity index is 1040. The molecule has 0 saturated heterocycles. The fourth-order valence-electron chi connectivity index (χ4n) is 3.12. The van der Waals surface area contributed by atoms with Gasteiger partial charge in [-0.1, -0.05) is 12.1 Å². The van der Waals surface area contributed by atoms with Crippen LogP contribution in [-0.4, -0.2) is 22.3 Å². The molecule has 0 bridgehead atoms. The van der Waals surface area contributed by atoms with Gasteiger partial charge in [0.15, 0.2) is 0 Å². The lowest BCUT2D eigenvalue weighted by Gasteiger charge is -2.20. The molecule has 3 aromatic rings. The summed E-state index contributed by atoms with van der Waals surface area (Å²) in [7, 11) is 0.